The van der Waals surface area contributed by atoms with E-state index in [1.54, 1.807) is 6.08 Å². The van der Waals surface area contributed by atoms with Gasteiger partial charge in [-0.15, -0.1) is 0 Å². The molecule has 1 aliphatic heterocycles. The Bertz CT molecular complexity index is 160. The smallest absolute Gasteiger partial charge is 0.373 e. The highest BCUT2D eigenvalue weighted by atomic mass is 16.6. The molecule has 1 heterocycles. The van der Waals surface area contributed by atoms with Crippen LogP contribution in [-0.4, -0.2) is 19.2 Å². The molecule has 0 aromatic carbocycles. The van der Waals surface area contributed by atoms with Crippen LogP contribution < -0.4 is 0 Å². The zero-order chi connectivity index (χ0) is 7.40. The number of rotatable bonds is 3. The van der Waals surface area contributed by atoms with Crippen molar-refractivity contribution in [3.63, 3.8) is 0 Å². The van der Waals surface area contributed by atoms with Crippen molar-refractivity contribution in [2.45, 2.75) is 13.3 Å². The van der Waals surface area contributed by atoms with Crippen molar-refractivity contribution < 1.29 is 14.3 Å². The predicted octanol–water partition coefficient (Wildman–Crippen LogP) is 0.854. The van der Waals surface area contributed by atoms with Gasteiger partial charge >= 0.3 is 5.97 Å². The molecular formula is C7H10O3. The van der Waals surface area contributed by atoms with Crippen molar-refractivity contribution in [1.29, 1.82) is 0 Å². The first kappa shape index (κ1) is 7.12. The van der Waals surface area contributed by atoms with Gasteiger partial charge in [0, 0.05) is 6.08 Å². The lowest BCUT2D eigenvalue weighted by atomic mass is 10.5. The summed E-state index contributed by atoms with van der Waals surface area (Å²) < 4.78 is 9.66. The van der Waals surface area contributed by atoms with Gasteiger partial charge in [0.2, 0.25) is 5.76 Å². The summed E-state index contributed by atoms with van der Waals surface area (Å²) in [6, 6.07) is 0. The van der Waals surface area contributed by atoms with Gasteiger partial charge in [-0.3, -0.25) is 0 Å². The fraction of sp³-hybridized carbons (Fsp3) is 0.571. The Labute approximate surface area is 59.6 Å². The molecule has 0 amide bonds. The minimum Gasteiger partial charge on any atom is -0.487 e. The Morgan fingerprint density at radius 3 is 3.10 bits per heavy atom. The van der Waals surface area contributed by atoms with Gasteiger partial charge in [0.05, 0.1) is 6.61 Å². The molecule has 0 aromatic rings. The molecule has 1 aliphatic rings. The van der Waals surface area contributed by atoms with Crippen LogP contribution in [0.15, 0.2) is 11.8 Å². The summed E-state index contributed by atoms with van der Waals surface area (Å²) in [6.07, 6.45) is 2.56. The van der Waals surface area contributed by atoms with E-state index in [0.29, 0.717) is 19.0 Å². The van der Waals surface area contributed by atoms with Crippen LogP contribution in [0.5, 0.6) is 0 Å². The third kappa shape index (κ3) is 1.50. The molecule has 0 radical (unpaired) electrons. The molecule has 1 rings (SSSR count). The summed E-state index contributed by atoms with van der Waals surface area (Å²) >= 11 is 0. The highest BCUT2D eigenvalue weighted by molar-refractivity contribution is 5.88. The van der Waals surface area contributed by atoms with Crippen molar-refractivity contribution in [2.24, 2.45) is 0 Å². The van der Waals surface area contributed by atoms with Crippen molar-refractivity contribution in [3.8, 4) is 0 Å². The second-order valence-electron chi connectivity index (χ2n) is 2.02. The molecule has 0 unspecified atom stereocenters. The van der Waals surface area contributed by atoms with Crippen LogP contribution in [0, 0.1) is 0 Å². The van der Waals surface area contributed by atoms with Crippen molar-refractivity contribution in [2.75, 3.05) is 13.2 Å². The Morgan fingerprint density at radius 2 is 2.60 bits per heavy atom. The molecule has 0 atom stereocenters. The molecule has 0 aromatic heterocycles. The molecule has 3 nitrogen and oxygen atoms in total. The highest BCUT2D eigenvalue weighted by Gasteiger charge is 2.17. The average molecular weight is 142 g/mol. The Balaban J connectivity index is 2.33. The maximum Gasteiger partial charge on any atom is 0.373 e. The van der Waals surface area contributed by atoms with Gasteiger partial charge in [0.1, 0.15) is 6.61 Å². The molecule has 0 saturated heterocycles. The van der Waals surface area contributed by atoms with Gasteiger partial charge in [-0.1, -0.05) is 6.92 Å². The minimum absolute atomic E-state index is 0.339. The molecule has 0 bridgehead atoms. The lowest BCUT2D eigenvalue weighted by Gasteiger charge is -2.00. The van der Waals surface area contributed by atoms with Crippen molar-refractivity contribution in [3.05, 3.63) is 11.8 Å². The van der Waals surface area contributed by atoms with E-state index in [9.17, 15) is 4.79 Å². The van der Waals surface area contributed by atoms with Gasteiger partial charge in [-0.05, 0) is 6.42 Å². The number of carbonyl (C=O) groups excluding carboxylic acids is 1. The van der Waals surface area contributed by atoms with Gasteiger partial charge in [-0.25, -0.2) is 4.79 Å². The third-order valence-corrected chi connectivity index (χ3v) is 1.15. The zero-order valence-electron chi connectivity index (χ0n) is 5.92. The summed E-state index contributed by atoms with van der Waals surface area (Å²) in [5, 5.41) is 0. The van der Waals surface area contributed by atoms with Gasteiger partial charge in [-0.2, -0.15) is 0 Å². The number of esters is 1. The van der Waals surface area contributed by atoms with E-state index in [1.165, 1.54) is 0 Å². The minimum atomic E-state index is -0.339. The standard InChI is InChI=1S/C7H10O3/c1-2-4-9-6-3-5-10-7(6)8/h3H,2,4-5H2,1H3. The number of carbonyl (C=O) groups is 1. The SMILES string of the molecule is CCCOC1=CCOC1=O. The topological polar surface area (TPSA) is 35.5 Å². The number of hydrogen-bond donors (Lipinski definition) is 0. The molecule has 0 N–H and O–H groups in total. The molecular weight excluding hydrogens is 132 g/mol. The maximum absolute atomic E-state index is 10.7. The lowest BCUT2D eigenvalue weighted by molar-refractivity contribution is -0.139. The van der Waals surface area contributed by atoms with E-state index in [1.807, 2.05) is 6.92 Å². The summed E-state index contributed by atoms with van der Waals surface area (Å²) in [6.45, 7) is 2.93. The highest BCUT2D eigenvalue weighted by Crippen LogP contribution is 2.07. The molecule has 10 heavy (non-hydrogen) atoms. The molecule has 0 aliphatic carbocycles. The first-order valence-electron chi connectivity index (χ1n) is 3.34. The number of hydrogen-bond acceptors (Lipinski definition) is 3. The van der Waals surface area contributed by atoms with E-state index in [0.717, 1.165) is 6.42 Å². The van der Waals surface area contributed by atoms with E-state index in [4.69, 9.17) is 4.74 Å². The van der Waals surface area contributed by atoms with Gasteiger partial charge < -0.3 is 9.47 Å². The first-order valence-corrected chi connectivity index (χ1v) is 3.34. The molecule has 0 saturated carbocycles. The maximum atomic E-state index is 10.7. The van der Waals surface area contributed by atoms with Gasteiger partial charge in [0.15, 0.2) is 0 Å². The second kappa shape index (κ2) is 3.25. The Kier molecular flexibility index (Phi) is 2.31. The largest absolute Gasteiger partial charge is 0.487 e. The quantitative estimate of drug-likeness (QED) is 0.548. The van der Waals surface area contributed by atoms with E-state index in [2.05, 4.69) is 4.74 Å². The van der Waals surface area contributed by atoms with Crippen LogP contribution in [0.3, 0.4) is 0 Å². The average Bonchev–Trinajstić information content (AvgIpc) is 2.31. The molecule has 56 valence electrons. The molecule has 0 fully saturated rings. The Morgan fingerprint density at radius 1 is 1.80 bits per heavy atom. The van der Waals surface area contributed by atoms with Crippen molar-refractivity contribution in [1.82, 2.24) is 0 Å². The van der Waals surface area contributed by atoms with Crippen LogP contribution in [0.4, 0.5) is 0 Å². The first-order chi connectivity index (χ1) is 4.84. The lowest BCUT2D eigenvalue weighted by Crippen LogP contribution is -2.03. The monoisotopic (exact) mass is 142 g/mol. The normalized spacial score (nSPS) is 16.5. The number of ether oxygens (including phenoxy) is 2. The molecule has 0 spiro atoms. The van der Waals surface area contributed by atoms with E-state index >= 15 is 0 Å². The van der Waals surface area contributed by atoms with Crippen LogP contribution >= 0.6 is 0 Å². The number of cyclic esters (lactones) is 1. The van der Waals surface area contributed by atoms with Crippen LogP contribution in [-0.2, 0) is 14.3 Å². The molecule has 3 heteroatoms. The second-order valence-corrected chi connectivity index (χ2v) is 2.02. The van der Waals surface area contributed by atoms with E-state index < -0.39 is 0 Å². The third-order valence-electron chi connectivity index (χ3n) is 1.15. The fourth-order valence-corrected chi connectivity index (χ4v) is 0.677. The fourth-order valence-electron chi connectivity index (χ4n) is 0.677. The summed E-state index contributed by atoms with van der Waals surface area (Å²) in [5.74, 6) is 0.0234. The van der Waals surface area contributed by atoms with Crippen LogP contribution in [0.25, 0.3) is 0 Å². The Hall–Kier alpha value is -0.990. The van der Waals surface area contributed by atoms with E-state index in [-0.39, 0.29) is 5.97 Å². The summed E-state index contributed by atoms with van der Waals surface area (Å²) in [7, 11) is 0. The van der Waals surface area contributed by atoms with Crippen molar-refractivity contribution >= 4 is 5.97 Å². The predicted molar refractivity (Wildman–Crippen MR) is 35.3 cm³/mol. The van der Waals surface area contributed by atoms with Gasteiger partial charge in [0.25, 0.3) is 0 Å². The van der Waals surface area contributed by atoms with Crippen LogP contribution in [0.1, 0.15) is 13.3 Å². The zero-order valence-corrected chi connectivity index (χ0v) is 5.92. The summed E-state index contributed by atoms with van der Waals surface area (Å²) in [5.41, 5.74) is 0. The van der Waals surface area contributed by atoms with Crippen LogP contribution in [0.2, 0.25) is 0 Å². The summed E-state index contributed by atoms with van der Waals surface area (Å²) in [4.78, 5) is 10.7.